The van der Waals surface area contributed by atoms with Crippen LogP contribution in [0.2, 0.25) is 0 Å². The number of fused-ring (bicyclic) bond motifs is 6. The van der Waals surface area contributed by atoms with E-state index in [0.717, 1.165) is 21.5 Å². The highest BCUT2D eigenvalue weighted by Gasteiger charge is 2.16. The first-order chi connectivity index (χ1) is 19.3. The minimum atomic E-state index is 0.825. The van der Waals surface area contributed by atoms with Crippen LogP contribution in [-0.4, -0.2) is 14.1 Å². The molecule has 0 saturated carbocycles. The average Bonchev–Trinajstić information content (AvgIpc) is 3.50. The molecule has 3 heterocycles. The number of hydrogen-bond donors (Lipinski definition) is 0. The molecule has 184 valence electrons. The van der Waals surface area contributed by atoms with E-state index in [-0.39, 0.29) is 0 Å². The summed E-state index contributed by atoms with van der Waals surface area (Å²) in [6.45, 7) is 0. The van der Waals surface area contributed by atoms with Gasteiger partial charge in [0.1, 0.15) is 10.4 Å². The van der Waals surface area contributed by atoms with E-state index in [2.05, 4.69) is 146 Å². The van der Waals surface area contributed by atoms with Crippen molar-refractivity contribution in [1.82, 2.24) is 14.1 Å². The Labute approximate surface area is 233 Å². The zero-order chi connectivity index (χ0) is 25.9. The number of rotatable bonds is 3. The summed E-state index contributed by atoms with van der Waals surface area (Å²) >= 11 is 3.55. The van der Waals surface area contributed by atoms with Crippen molar-refractivity contribution in [1.29, 1.82) is 0 Å². The van der Waals surface area contributed by atoms with Crippen LogP contribution >= 0.6 is 15.9 Å². The molecular formula is C35H22BrN3. The normalized spacial score (nSPS) is 11.7. The Kier molecular flexibility index (Phi) is 4.97. The lowest BCUT2D eigenvalue weighted by atomic mass is 10.0. The molecule has 39 heavy (non-hydrogen) atoms. The lowest BCUT2D eigenvalue weighted by Crippen LogP contribution is -1.97. The largest absolute Gasteiger partial charge is 0.309 e. The van der Waals surface area contributed by atoms with Crippen molar-refractivity contribution in [3.63, 3.8) is 0 Å². The third-order valence-corrected chi connectivity index (χ3v) is 8.06. The number of pyridine rings is 1. The summed E-state index contributed by atoms with van der Waals surface area (Å²) in [5.41, 5.74) is 8.31. The predicted molar refractivity (Wildman–Crippen MR) is 166 cm³/mol. The minimum absolute atomic E-state index is 0.825. The van der Waals surface area contributed by atoms with Gasteiger partial charge in [0.15, 0.2) is 0 Å². The Morgan fingerprint density at radius 2 is 0.974 bits per heavy atom. The van der Waals surface area contributed by atoms with Gasteiger partial charge in [0, 0.05) is 27.2 Å². The van der Waals surface area contributed by atoms with Crippen molar-refractivity contribution in [2.24, 2.45) is 0 Å². The van der Waals surface area contributed by atoms with Gasteiger partial charge in [-0.2, -0.15) is 0 Å². The topological polar surface area (TPSA) is 22.8 Å². The van der Waals surface area contributed by atoms with Crippen molar-refractivity contribution < 1.29 is 0 Å². The molecule has 0 amide bonds. The van der Waals surface area contributed by atoms with Crippen LogP contribution < -0.4 is 0 Å². The fourth-order valence-corrected chi connectivity index (χ4v) is 6.26. The van der Waals surface area contributed by atoms with E-state index in [1.807, 2.05) is 12.1 Å². The van der Waals surface area contributed by atoms with Crippen molar-refractivity contribution >= 4 is 59.5 Å². The monoisotopic (exact) mass is 563 g/mol. The lowest BCUT2D eigenvalue weighted by Gasteiger charge is -2.09. The van der Waals surface area contributed by atoms with Gasteiger partial charge < -0.3 is 4.57 Å². The maximum Gasteiger partial charge on any atom is 0.138 e. The fourth-order valence-electron chi connectivity index (χ4n) is 5.93. The Hall–Kier alpha value is -4.67. The smallest absolute Gasteiger partial charge is 0.138 e. The zero-order valence-electron chi connectivity index (χ0n) is 20.9. The van der Waals surface area contributed by atoms with Crippen LogP contribution in [0.5, 0.6) is 0 Å². The molecule has 0 unspecified atom stereocenters. The standard InChI is InChI=1S/C35H22BrN3/c36-34-15-8-16-35(37-34)39-31-14-7-5-12-27(31)29-22-24(18-20-33(29)39)23-17-19-32-28(21-23)26-11-4-6-13-30(26)38(32)25-9-2-1-3-10-25/h1-22H. The zero-order valence-corrected chi connectivity index (χ0v) is 22.5. The molecule has 0 aliphatic rings. The van der Waals surface area contributed by atoms with E-state index in [1.54, 1.807) is 0 Å². The van der Waals surface area contributed by atoms with Gasteiger partial charge in [0.2, 0.25) is 0 Å². The quantitative estimate of drug-likeness (QED) is 0.196. The molecule has 0 atom stereocenters. The maximum atomic E-state index is 4.76. The third kappa shape index (κ3) is 3.45. The predicted octanol–water partition coefficient (Wildman–Crippen LogP) is 9.71. The van der Waals surface area contributed by atoms with E-state index in [4.69, 9.17) is 4.98 Å². The Morgan fingerprint density at radius 3 is 1.62 bits per heavy atom. The fraction of sp³-hybridized carbons (Fsp3) is 0. The third-order valence-electron chi connectivity index (χ3n) is 7.62. The molecule has 4 heteroatoms. The molecule has 0 N–H and O–H groups in total. The van der Waals surface area contributed by atoms with E-state index >= 15 is 0 Å². The second-order valence-electron chi connectivity index (χ2n) is 9.82. The molecule has 0 spiro atoms. The van der Waals surface area contributed by atoms with Gasteiger partial charge in [0.25, 0.3) is 0 Å². The summed E-state index contributed by atoms with van der Waals surface area (Å²) in [5, 5.41) is 4.96. The maximum absolute atomic E-state index is 4.76. The van der Waals surface area contributed by atoms with Crippen LogP contribution in [0.25, 0.3) is 66.2 Å². The lowest BCUT2D eigenvalue weighted by molar-refractivity contribution is 1.07. The van der Waals surface area contributed by atoms with E-state index in [0.29, 0.717) is 0 Å². The minimum Gasteiger partial charge on any atom is -0.309 e. The second kappa shape index (κ2) is 8.69. The van der Waals surface area contributed by atoms with Crippen LogP contribution in [0.15, 0.2) is 138 Å². The SMILES string of the molecule is Brc1cccc(-n2c3ccccc3c3cc(-c4ccc5c(c4)c4ccccc4n5-c4ccccc4)ccc32)n1. The summed E-state index contributed by atoms with van der Waals surface area (Å²) in [4.78, 5) is 4.76. The van der Waals surface area contributed by atoms with Crippen molar-refractivity contribution in [3.8, 4) is 22.6 Å². The highest BCUT2D eigenvalue weighted by atomic mass is 79.9. The molecule has 0 bridgehead atoms. The Bertz CT molecular complexity index is 2190. The highest BCUT2D eigenvalue weighted by Crippen LogP contribution is 2.38. The first kappa shape index (κ1) is 22.3. The molecule has 3 aromatic heterocycles. The number of benzene rings is 5. The summed E-state index contributed by atoms with van der Waals surface area (Å²) < 4.78 is 5.43. The Morgan fingerprint density at radius 1 is 0.436 bits per heavy atom. The van der Waals surface area contributed by atoms with Crippen molar-refractivity contribution in [3.05, 3.63) is 138 Å². The van der Waals surface area contributed by atoms with E-state index in [1.165, 1.54) is 49.4 Å². The van der Waals surface area contributed by atoms with Crippen LogP contribution in [0.4, 0.5) is 0 Å². The van der Waals surface area contributed by atoms with Crippen LogP contribution in [0, 0.1) is 0 Å². The second-order valence-corrected chi connectivity index (χ2v) is 10.6. The molecule has 3 nitrogen and oxygen atoms in total. The van der Waals surface area contributed by atoms with Gasteiger partial charge in [-0.05, 0) is 87.7 Å². The molecule has 5 aromatic carbocycles. The van der Waals surface area contributed by atoms with Gasteiger partial charge in [0.05, 0.1) is 22.1 Å². The van der Waals surface area contributed by atoms with Crippen molar-refractivity contribution in [2.45, 2.75) is 0 Å². The first-order valence-corrected chi connectivity index (χ1v) is 13.8. The summed E-state index contributed by atoms with van der Waals surface area (Å²) in [6.07, 6.45) is 0. The van der Waals surface area contributed by atoms with E-state index < -0.39 is 0 Å². The number of nitrogens with zero attached hydrogens (tertiary/aromatic N) is 3. The van der Waals surface area contributed by atoms with Crippen LogP contribution in [0.3, 0.4) is 0 Å². The molecule has 0 aliphatic heterocycles. The Balaban J connectivity index is 1.36. The van der Waals surface area contributed by atoms with Gasteiger partial charge >= 0.3 is 0 Å². The molecule has 0 aliphatic carbocycles. The summed E-state index contributed by atoms with van der Waals surface area (Å²) in [7, 11) is 0. The summed E-state index contributed by atoms with van der Waals surface area (Å²) in [5.74, 6) is 0.901. The van der Waals surface area contributed by atoms with Crippen LogP contribution in [0.1, 0.15) is 0 Å². The summed E-state index contributed by atoms with van der Waals surface area (Å²) in [6, 6.07) is 47.5. The van der Waals surface area contributed by atoms with Gasteiger partial charge in [-0.25, -0.2) is 4.98 Å². The van der Waals surface area contributed by atoms with Gasteiger partial charge in [-0.3, -0.25) is 4.57 Å². The molecule has 0 radical (unpaired) electrons. The van der Waals surface area contributed by atoms with Gasteiger partial charge in [-0.1, -0.05) is 72.8 Å². The van der Waals surface area contributed by atoms with Crippen molar-refractivity contribution in [2.75, 3.05) is 0 Å². The number of hydrogen-bond acceptors (Lipinski definition) is 1. The van der Waals surface area contributed by atoms with Crippen LogP contribution in [-0.2, 0) is 0 Å². The van der Waals surface area contributed by atoms with E-state index in [9.17, 15) is 0 Å². The molecule has 8 aromatic rings. The first-order valence-electron chi connectivity index (χ1n) is 13.0. The number of halogens is 1. The number of para-hydroxylation sites is 3. The molecule has 0 saturated heterocycles. The van der Waals surface area contributed by atoms with Gasteiger partial charge in [-0.15, -0.1) is 0 Å². The molecule has 8 rings (SSSR count). The average molecular weight is 564 g/mol. The number of aromatic nitrogens is 3. The highest BCUT2D eigenvalue weighted by molar-refractivity contribution is 9.10. The molecular weight excluding hydrogens is 542 g/mol. The molecule has 0 fully saturated rings.